The van der Waals surface area contributed by atoms with E-state index in [1.165, 1.54) is 25.7 Å². The third-order valence-corrected chi connectivity index (χ3v) is 8.18. The number of ketones is 1. The van der Waals surface area contributed by atoms with Crippen molar-refractivity contribution in [1.82, 2.24) is 5.32 Å². The van der Waals surface area contributed by atoms with Gasteiger partial charge < -0.3 is 5.32 Å². The van der Waals surface area contributed by atoms with Crippen molar-refractivity contribution in [2.75, 3.05) is 0 Å². The number of rotatable bonds is 1. The Morgan fingerprint density at radius 3 is 2.65 bits per heavy atom. The molecular formula is C20H29NO2. The van der Waals surface area contributed by atoms with Gasteiger partial charge in [-0.3, -0.25) is 9.59 Å². The maximum Gasteiger partial charge on any atom is 0.243 e. The number of hydrogen-bond donors (Lipinski definition) is 1. The van der Waals surface area contributed by atoms with Crippen LogP contribution in [0.2, 0.25) is 0 Å². The van der Waals surface area contributed by atoms with E-state index in [4.69, 9.17) is 0 Å². The van der Waals surface area contributed by atoms with Gasteiger partial charge in [-0.2, -0.15) is 0 Å². The highest BCUT2D eigenvalue weighted by Crippen LogP contribution is 2.65. The average Bonchev–Trinajstić information content (AvgIpc) is 2.85. The van der Waals surface area contributed by atoms with E-state index in [1.807, 2.05) is 0 Å². The first-order valence-electron chi connectivity index (χ1n) is 9.36. The molecule has 0 aromatic heterocycles. The van der Waals surface area contributed by atoms with Gasteiger partial charge in [-0.1, -0.05) is 19.9 Å². The number of hydrogen-bond acceptors (Lipinski definition) is 2. The Morgan fingerprint density at radius 1 is 1.13 bits per heavy atom. The van der Waals surface area contributed by atoms with E-state index in [9.17, 15) is 9.59 Å². The molecule has 7 atom stereocenters. The van der Waals surface area contributed by atoms with Crippen LogP contribution in [0.25, 0.3) is 0 Å². The summed E-state index contributed by atoms with van der Waals surface area (Å²) < 4.78 is 0. The summed E-state index contributed by atoms with van der Waals surface area (Å²) in [7, 11) is 0. The van der Waals surface area contributed by atoms with Gasteiger partial charge >= 0.3 is 0 Å². The molecule has 0 radical (unpaired) electrons. The largest absolute Gasteiger partial charge is 0.349 e. The van der Waals surface area contributed by atoms with Crippen molar-refractivity contribution in [3.8, 4) is 0 Å². The molecule has 0 unspecified atom stereocenters. The van der Waals surface area contributed by atoms with Crippen LogP contribution >= 0.6 is 0 Å². The topological polar surface area (TPSA) is 46.2 Å². The molecule has 4 rings (SSSR count). The molecule has 0 aromatic rings. The standard InChI is InChI=1S/C20H29NO2/c1-12(22)14-5-6-15-13-4-7-17-20(3,11-9-18(23)21-17)16(13)8-10-19(14,15)2/h9,11,13-17H,4-8,10H2,1-3H3,(H,21,23)/t13-,14+,15+,16+,17-,19+,20+/m0/s1. The summed E-state index contributed by atoms with van der Waals surface area (Å²) in [6.07, 6.45) is 10.9. The van der Waals surface area contributed by atoms with Crippen LogP contribution in [0, 0.1) is 34.5 Å². The third kappa shape index (κ3) is 2.01. The molecule has 1 aliphatic heterocycles. The molecule has 126 valence electrons. The predicted octanol–water partition coefficient (Wildman–Crippen LogP) is 3.49. The molecular weight excluding hydrogens is 286 g/mol. The number of nitrogens with one attached hydrogen (secondary N) is 1. The fraction of sp³-hybridized carbons (Fsp3) is 0.800. The van der Waals surface area contributed by atoms with Crippen molar-refractivity contribution in [2.24, 2.45) is 34.5 Å². The molecule has 0 saturated heterocycles. The molecule has 1 amide bonds. The van der Waals surface area contributed by atoms with Crippen LogP contribution in [0.3, 0.4) is 0 Å². The molecule has 3 fully saturated rings. The summed E-state index contributed by atoms with van der Waals surface area (Å²) in [6.45, 7) is 6.53. The van der Waals surface area contributed by atoms with E-state index in [0.29, 0.717) is 23.7 Å². The summed E-state index contributed by atoms with van der Waals surface area (Å²) in [6, 6.07) is 0.301. The number of fused-ring (bicyclic) bond motifs is 5. The van der Waals surface area contributed by atoms with E-state index in [2.05, 4.69) is 25.2 Å². The fourth-order valence-corrected chi connectivity index (χ4v) is 7.00. The van der Waals surface area contributed by atoms with Crippen molar-refractivity contribution in [1.29, 1.82) is 0 Å². The minimum Gasteiger partial charge on any atom is -0.349 e. The van der Waals surface area contributed by atoms with Gasteiger partial charge in [0, 0.05) is 17.4 Å². The van der Waals surface area contributed by atoms with Crippen LogP contribution in [-0.2, 0) is 9.59 Å². The zero-order valence-electron chi connectivity index (χ0n) is 14.6. The normalized spacial score (nSPS) is 51.4. The van der Waals surface area contributed by atoms with Gasteiger partial charge in [-0.05, 0) is 74.7 Å². The molecule has 3 heteroatoms. The van der Waals surface area contributed by atoms with Crippen molar-refractivity contribution in [2.45, 2.75) is 65.3 Å². The zero-order valence-corrected chi connectivity index (χ0v) is 14.6. The molecule has 1 N–H and O–H groups in total. The van der Waals surface area contributed by atoms with Crippen LogP contribution in [0.15, 0.2) is 12.2 Å². The van der Waals surface area contributed by atoms with Crippen LogP contribution in [0.1, 0.15) is 59.3 Å². The van der Waals surface area contributed by atoms with E-state index in [0.717, 1.165) is 18.8 Å². The number of carbonyl (C=O) groups is 2. The molecule has 3 nitrogen and oxygen atoms in total. The monoisotopic (exact) mass is 315 g/mol. The molecule has 4 aliphatic rings. The number of Topliss-reactive ketones (excluding diaryl/α,β-unsaturated/α-hetero) is 1. The summed E-state index contributed by atoms with van der Waals surface area (Å²) in [5, 5.41) is 3.21. The molecule has 1 heterocycles. The van der Waals surface area contributed by atoms with Crippen molar-refractivity contribution < 1.29 is 9.59 Å². The average molecular weight is 315 g/mol. The second kappa shape index (κ2) is 4.94. The van der Waals surface area contributed by atoms with Gasteiger partial charge in [0.25, 0.3) is 0 Å². The lowest BCUT2D eigenvalue weighted by Crippen LogP contribution is -2.59. The lowest BCUT2D eigenvalue weighted by molar-refractivity contribution is -0.130. The molecule has 0 bridgehead atoms. The van der Waals surface area contributed by atoms with Gasteiger partial charge in [-0.25, -0.2) is 0 Å². The Kier molecular flexibility index (Phi) is 3.31. The van der Waals surface area contributed by atoms with Crippen LogP contribution in [0.5, 0.6) is 0 Å². The summed E-state index contributed by atoms with van der Waals surface area (Å²) in [5.41, 5.74) is 0.324. The Hall–Kier alpha value is -1.12. The van der Waals surface area contributed by atoms with Gasteiger partial charge in [0.1, 0.15) is 5.78 Å². The highest BCUT2D eigenvalue weighted by molar-refractivity contribution is 5.89. The number of amides is 1. The van der Waals surface area contributed by atoms with E-state index >= 15 is 0 Å². The smallest absolute Gasteiger partial charge is 0.243 e. The quantitative estimate of drug-likeness (QED) is 0.805. The van der Waals surface area contributed by atoms with Gasteiger partial charge in [0.2, 0.25) is 5.91 Å². The maximum absolute atomic E-state index is 12.1. The highest BCUT2D eigenvalue weighted by Gasteiger charge is 2.60. The Morgan fingerprint density at radius 2 is 1.91 bits per heavy atom. The first-order chi connectivity index (χ1) is 10.9. The van der Waals surface area contributed by atoms with Crippen molar-refractivity contribution in [3.05, 3.63) is 12.2 Å². The van der Waals surface area contributed by atoms with Gasteiger partial charge in [-0.15, -0.1) is 0 Å². The third-order valence-electron chi connectivity index (χ3n) is 8.18. The molecule has 3 aliphatic carbocycles. The van der Waals surface area contributed by atoms with Crippen molar-refractivity contribution in [3.63, 3.8) is 0 Å². The highest BCUT2D eigenvalue weighted by atomic mass is 16.1. The second-order valence-corrected chi connectivity index (χ2v) is 9.00. The lowest BCUT2D eigenvalue weighted by atomic mass is 9.48. The minimum atomic E-state index is 0.0732. The van der Waals surface area contributed by atoms with Gasteiger partial charge in [0.15, 0.2) is 0 Å². The fourth-order valence-electron chi connectivity index (χ4n) is 7.00. The second-order valence-electron chi connectivity index (χ2n) is 9.00. The predicted molar refractivity (Wildman–Crippen MR) is 89.6 cm³/mol. The van der Waals surface area contributed by atoms with E-state index < -0.39 is 0 Å². The molecule has 0 aromatic carbocycles. The first-order valence-corrected chi connectivity index (χ1v) is 9.36. The lowest BCUT2D eigenvalue weighted by Gasteiger charge is -2.58. The zero-order chi connectivity index (χ0) is 16.4. The van der Waals surface area contributed by atoms with Crippen LogP contribution < -0.4 is 5.32 Å². The molecule has 3 saturated carbocycles. The Labute approximate surface area is 139 Å². The first kappa shape index (κ1) is 15.4. The van der Waals surface area contributed by atoms with E-state index in [1.54, 1.807) is 13.0 Å². The van der Waals surface area contributed by atoms with Crippen LogP contribution in [0.4, 0.5) is 0 Å². The van der Waals surface area contributed by atoms with Crippen LogP contribution in [-0.4, -0.2) is 17.7 Å². The maximum atomic E-state index is 12.1. The van der Waals surface area contributed by atoms with Gasteiger partial charge in [0.05, 0.1) is 0 Å². The Balaban J connectivity index is 1.66. The SMILES string of the molecule is CC(=O)[C@H]1CC[C@@H]2[C@@H]3CC[C@@H]4NC(=O)C=C[C@]4(C)[C@@H]3CC[C@]12C. The van der Waals surface area contributed by atoms with E-state index in [-0.39, 0.29) is 22.7 Å². The summed E-state index contributed by atoms with van der Waals surface area (Å²) >= 11 is 0. The number of carbonyl (C=O) groups excluding carboxylic acids is 2. The summed E-state index contributed by atoms with van der Waals surface area (Å²) in [4.78, 5) is 23.9. The summed E-state index contributed by atoms with van der Waals surface area (Å²) in [5.74, 6) is 2.82. The molecule has 0 spiro atoms. The minimum absolute atomic E-state index is 0.0732. The molecule has 23 heavy (non-hydrogen) atoms. The van der Waals surface area contributed by atoms with Crippen molar-refractivity contribution >= 4 is 11.7 Å². The Bertz CT molecular complexity index is 582.